The van der Waals surface area contributed by atoms with Crippen molar-refractivity contribution in [1.29, 1.82) is 0 Å². The number of pyridine rings is 1. The van der Waals surface area contributed by atoms with Gasteiger partial charge in [-0.2, -0.15) is 18.3 Å². The lowest BCUT2D eigenvalue weighted by Crippen LogP contribution is -2.11. The SMILES string of the molecule is O=C(O)c1oc(-c2cnn3ccccc23)nc1C(F)(F)F. The number of rotatable bonds is 2. The van der Waals surface area contributed by atoms with Crippen LogP contribution in [0.4, 0.5) is 13.2 Å². The van der Waals surface area contributed by atoms with Gasteiger partial charge in [0.25, 0.3) is 0 Å². The highest BCUT2D eigenvalue weighted by Gasteiger charge is 2.41. The van der Waals surface area contributed by atoms with Gasteiger partial charge in [0.1, 0.15) is 0 Å². The summed E-state index contributed by atoms with van der Waals surface area (Å²) >= 11 is 0. The van der Waals surface area contributed by atoms with Gasteiger partial charge in [-0.3, -0.25) is 0 Å². The zero-order valence-corrected chi connectivity index (χ0v) is 10.1. The molecular weight excluding hydrogens is 291 g/mol. The second-order valence-electron chi connectivity index (χ2n) is 4.09. The molecule has 0 spiro atoms. The summed E-state index contributed by atoms with van der Waals surface area (Å²) in [7, 11) is 0. The Kier molecular flexibility index (Phi) is 2.71. The molecule has 0 radical (unpaired) electrons. The van der Waals surface area contributed by atoms with Gasteiger partial charge in [-0.05, 0) is 12.1 Å². The summed E-state index contributed by atoms with van der Waals surface area (Å²) in [5, 5.41) is 12.7. The van der Waals surface area contributed by atoms with Crippen molar-refractivity contribution in [1.82, 2.24) is 14.6 Å². The van der Waals surface area contributed by atoms with Crippen molar-refractivity contribution in [2.45, 2.75) is 6.18 Å². The predicted octanol–water partition coefficient (Wildman–Crippen LogP) is 2.71. The van der Waals surface area contributed by atoms with Crippen molar-refractivity contribution < 1.29 is 27.5 Å². The predicted molar refractivity (Wildman–Crippen MR) is 62.7 cm³/mol. The first kappa shape index (κ1) is 13.2. The average molecular weight is 297 g/mol. The second kappa shape index (κ2) is 4.33. The summed E-state index contributed by atoms with van der Waals surface area (Å²) in [6.45, 7) is 0. The van der Waals surface area contributed by atoms with Crippen molar-refractivity contribution in [3.8, 4) is 11.5 Å². The zero-order chi connectivity index (χ0) is 15.2. The molecular formula is C12H6F3N3O3. The molecule has 0 unspecified atom stereocenters. The summed E-state index contributed by atoms with van der Waals surface area (Å²) in [6, 6.07) is 4.94. The molecule has 0 aliphatic heterocycles. The van der Waals surface area contributed by atoms with Crippen LogP contribution in [0.25, 0.3) is 17.0 Å². The largest absolute Gasteiger partial charge is 0.475 e. The van der Waals surface area contributed by atoms with Gasteiger partial charge >= 0.3 is 12.1 Å². The van der Waals surface area contributed by atoms with Crippen molar-refractivity contribution in [2.75, 3.05) is 0 Å². The molecule has 21 heavy (non-hydrogen) atoms. The number of nitrogens with zero attached hydrogens (tertiary/aromatic N) is 3. The molecule has 0 saturated carbocycles. The van der Waals surface area contributed by atoms with Crippen molar-refractivity contribution in [2.24, 2.45) is 0 Å². The van der Waals surface area contributed by atoms with Gasteiger partial charge in [0.15, 0.2) is 5.69 Å². The molecule has 0 amide bonds. The van der Waals surface area contributed by atoms with Gasteiger partial charge in [0.05, 0.1) is 17.3 Å². The van der Waals surface area contributed by atoms with Crippen LogP contribution >= 0.6 is 0 Å². The third-order valence-corrected chi connectivity index (χ3v) is 2.75. The Morgan fingerprint density at radius 2 is 2.10 bits per heavy atom. The van der Waals surface area contributed by atoms with E-state index in [0.29, 0.717) is 5.52 Å². The molecule has 0 saturated heterocycles. The molecule has 0 bridgehead atoms. The highest BCUT2D eigenvalue weighted by atomic mass is 19.4. The molecule has 3 heterocycles. The Bertz CT molecular complexity index is 835. The van der Waals surface area contributed by atoms with Crippen LogP contribution in [0.15, 0.2) is 35.0 Å². The summed E-state index contributed by atoms with van der Waals surface area (Å²) < 4.78 is 44.5. The molecule has 0 atom stereocenters. The van der Waals surface area contributed by atoms with Crippen LogP contribution in [-0.4, -0.2) is 25.7 Å². The van der Waals surface area contributed by atoms with E-state index >= 15 is 0 Å². The molecule has 0 aliphatic carbocycles. The van der Waals surface area contributed by atoms with Crippen LogP contribution in [-0.2, 0) is 6.18 Å². The summed E-state index contributed by atoms with van der Waals surface area (Å²) in [5.74, 6) is -3.52. The lowest BCUT2D eigenvalue weighted by atomic mass is 10.2. The highest BCUT2D eigenvalue weighted by molar-refractivity contribution is 5.87. The van der Waals surface area contributed by atoms with Gasteiger partial charge in [-0.15, -0.1) is 0 Å². The smallest absolute Gasteiger partial charge is 0.437 e. The number of hydrogen-bond acceptors (Lipinski definition) is 4. The molecule has 0 aliphatic rings. The zero-order valence-electron chi connectivity index (χ0n) is 10.1. The number of aromatic nitrogens is 3. The minimum absolute atomic E-state index is 0.175. The number of carbonyl (C=O) groups is 1. The summed E-state index contributed by atoms with van der Waals surface area (Å²) in [5.41, 5.74) is -0.946. The number of alkyl halides is 3. The van der Waals surface area contributed by atoms with Gasteiger partial charge in [-0.25, -0.2) is 14.3 Å². The summed E-state index contributed by atoms with van der Waals surface area (Å²) in [4.78, 5) is 14.1. The van der Waals surface area contributed by atoms with E-state index in [1.165, 1.54) is 10.7 Å². The molecule has 3 rings (SSSR count). The fourth-order valence-electron chi connectivity index (χ4n) is 1.87. The van der Waals surface area contributed by atoms with Crippen molar-refractivity contribution in [3.05, 3.63) is 42.0 Å². The molecule has 0 fully saturated rings. The Labute approximate surface area is 114 Å². The number of fused-ring (bicyclic) bond motifs is 1. The number of oxazole rings is 1. The Hall–Kier alpha value is -2.84. The second-order valence-corrected chi connectivity index (χ2v) is 4.09. The number of carboxylic acid groups (broad SMARTS) is 1. The first-order chi connectivity index (χ1) is 9.88. The lowest BCUT2D eigenvalue weighted by molar-refractivity contribution is -0.141. The van der Waals surface area contributed by atoms with Gasteiger partial charge in [0.2, 0.25) is 11.7 Å². The number of hydrogen-bond donors (Lipinski definition) is 1. The van der Waals surface area contributed by atoms with E-state index in [9.17, 15) is 18.0 Å². The number of halogens is 3. The Morgan fingerprint density at radius 3 is 2.71 bits per heavy atom. The van der Waals surface area contributed by atoms with Crippen molar-refractivity contribution in [3.63, 3.8) is 0 Å². The highest BCUT2D eigenvalue weighted by Crippen LogP contribution is 2.35. The minimum Gasteiger partial charge on any atom is -0.475 e. The minimum atomic E-state index is -4.92. The average Bonchev–Trinajstić information content (AvgIpc) is 3.01. The van der Waals surface area contributed by atoms with E-state index in [2.05, 4.69) is 10.1 Å². The van der Waals surface area contributed by atoms with E-state index in [-0.39, 0.29) is 5.56 Å². The third kappa shape index (κ3) is 2.12. The van der Waals surface area contributed by atoms with Crippen LogP contribution in [0.2, 0.25) is 0 Å². The van der Waals surface area contributed by atoms with Crippen LogP contribution in [0, 0.1) is 0 Å². The monoisotopic (exact) mass is 297 g/mol. The molecule has 108 valence electrons. The summed E-state index contributed by atoms with van der Waals surface area (Å²) in [6.07, 6.45) is -2.07. The molecule has 3 aromatic heterocycles. The van der Waals surface area contributed by atoms with E-state index < -0.39 is 29.5 Å². The molecule has 6 nitrogen and oxygen atoms in total. The molecule has 0 aromatic carbocycles. The topological polar surface area (TPSA) is 80.6 Å². The van der Waals surface area contributed by atoms with Gasteiger partial charge < -0.3 is 9.52 Å². The number of aromatic carboxylic acids is 1. The van der Waals surface area contributed by atoms with Crippen LogP contribution < -0.4 is 0 Å². The molecule has 1 N–H and O–H groups in total. The van der Waals surface area contributed by atoms with Crippen molar-refractivity contribution >= 4 is 11.5 Å². The normalized spacial score (nSPS) is 12.0. The van der Waals surface area contributed by atoms with E-state index in [1.807, 2.05) is 0 Å². The van der Waals surface area contributed by atoms with E-state index in [4.69, 9.17) is 9.52 Å². The number of carboxylic acids is 1. The van der Waals surface area contributed by atoms with E-state index in [1.54, 1.807) is 24.4 Å². The first-order valence-electron chi connectivity index (χ1n) is 5.62. The maximum absolute atomic E-state index is 12.8. The van der Waals surface area contributed by atoms with Gasteiger partial charge in [0, 0.05) is 6.20 Å². The fourth-order valence-corrected chi connectivity index (χ4v) is 1.87. The Morgan fingerprint density at radius 1 is 1.33 bits per heavy atom. The van der Waals surface area contributed by atoms with Crippen LogP contribution in [0.3, 0.4) is 0 Å². The molecule has 3 aromatic rings. The van der Waals surface area contributed by atoms with Gasteiger partial charge in [-0.1, -0.05) is 6.07 Å². The third-order valence-electron chi connectivity index (χ3n) is 2.75. The fraction of sp³-hybridized carbons (Fsp3) is 0.0833. The standard InChI is InChI=1S/C12H6F3N3O3/c13-12(14,15)9-8(11(19)20)21-10(17-9)6-5-16-18-4-2-1-3-7(6)18/h1-5H,(H,19,20). The quantitative estimate of drug-likeness (QED) is 0.786. The maximum Gasteiger partial charge on any atom is 0.437 e. The first-order valence-corrected chi connectivity index (χ1v) is 5.62. The van der Waals surface area contributed by atoms with E-state index in [0.717, 1.165) is 0 Å². The van der Waals surface area contributed by atoms with Crippen LogP contribution in [0.1, 0.15) is 16.2 Å². The maximum atomic E-state index is 12.8. The lowest BCUT2D eigenvalue weighted by Gasteiger charge is -2.00. The Balaban J connectivity index is 2.22. The van der Waals surface area contributed by atoms with Crippen LogP contribution in [0.5, 0.6) is 0 Å². The molecule has 9 heteroatoms.